The number of rotatable bonds is 3. The number of nitrogens with one attached hydrogen (secondary N) is 1. The van der Waals surface area contributed by atoms with Crippen LogP contribution in [0.15, 0.2) is 0 Å². The molecule has 0 saturated carbocycles. The van der Waals surface area contributed by atoms with Crippen LogP contribution >= 0.6 is 11.3 Å². The Hall–Kier alpha value is -0.980. The molecule has 0 unspecified atom stereocenters. The second-order valence-corrected chi connectivity index (χ2v) is 7.08. The molecular weight excluding hydrogens is 260 g/mol. The van der Waals surface area contributed by atoms with Crippen molar-refractivity contribution in [2.45, 2.75) is 45.6 Å². The number of nitrogens with two attached hydrogens (primary N) is 1. The van der Waals surface area contributed by atoms with Gasteiger partial charge in [-0.2, -0.15) is 0 Å². The maximum atomic E-state index is 11.9. The molecule has 3 N–H and O–H groups in total. The summed E-state index contributed by atoms with van der Waals surface area (Å²) >= 11 is 1.46. The van der Waals surface area contributed by atoms with Gasteiger partial charge in [-0.25, -0.2) is 10.8 Å². The number of nitrogens with zero attached hydrogens (tertiary/aromatic N) is 2. The first kappa shape index (κ1) is 14.4. The summed E-state index contributed by atoms with van der Waals surface area (Å²) in [5.41, 5.74) is 2.91. The van der Waals surface area contributed by atoms with Crippen LogP contribution in [0.4, 0.5) is 0 Å². The molecule has 1 fully saturated rings. The molecule has 0 atom stereocenters. The molecule has 1 aliphatic heterocycles. The fourth-order valence-corrected chi connectivity index (χ4v) is 3.51. The molecule has 0 radical (unpaired) electrons. The maximum absolute atomic E-state index is 11.9. The minimum Gasteiger partial charge on any atom is -0.297 e. The predicted octanol–water partition coefficient (Wildman–Crippen LogP) is 1.64. The second kappa shape index (κ2) is 5.56. The largest absolute Gasteiger partial charge is 0.297 e. The maximum Gasteiger partial charge on any atom is 0.277 e. The molecule has 106 valence electrons. The van der Waals surface area contributed by atoms with Crippen molar-refractivity contribution in [2.24, 2.45) is 5.84 Å². The molecule has 2 heterocycles. The van der Waals surface area contributed by atoms with E-state index in [1.54, 1.807) is 0 Å². The fraction of sp³-hybridized carbons (Fsp3) is 0.692. The molecule has 2 rings (SSSR count). The summed E-state index contributed by atoms with van der Waals surface area (Å²) in [6.07, 6.45) is 2.52. The van der Waals surface area contributed by atoms with Crippen molar-refractivity contribution >= 4 is 17.2 Å². The number of carbonyl (C=O) groups is 1. The monoisotopic (exact) mass is 282 g/mol. The lowest BCUT2D eigenvalue weighted by atomic mass is 9.91. The first-order valence-corrected chi connectivity index (χ1v) is 7.47. The number of carbonyl (C=O) groups excluding carboxylic acids is 1. The van der Waals surface area contributed by atoms with Gasteiger partial charge >= 0.3 is 0 Å². The fourth-order valence-electron chi connectivity index (χ4n) is 2.29. The molecule has 0 aromatic carbocycles. The van der Waals surface area contributed by atoms with E-state index in [-0.39, 0.29) is 11.3 Å². The molecule has 1 amide bonds. The Morgan fingerprint density at radius 1 is 1.42 bits per heavy atom. The smallest absolute Gasteiger partial charge is 0.277 e. The van der Waals surface area contributed by atoms with Crippen LogP contribution in [0.3, 0.4) is 0 Å². The topological polar surface area (TPSA) is 71.2 Å². The van der Waals surface area contributed by atoms with Gasteiger partial charge in [0.05, 0.1) is 12.2 Å². The molecule has 5 nitrogen and oxygen atoms in total. The highest BCUT2D eigenvalue weighted by atomic mass is 32.1. The van der Waals surface area contributed by atoms with Crippen LogP contribution in [0, 0.1) is 0 Å². The summed E-state index contributed by atoms with van der Waals surface area (Å²) < 4.78 is 0. The zero-order valence-corrected chi connectivity index (χ0v) is 12.6. The number of aromatic nitrogens is 1. The van der Waals surface area contributed by atoms with Crippen LogP contribution in [0.1, 0.15) is 54.0 Å². The third-order valence-electron chi connectivity index (χ3n) is 3.28. The van der Waals surface area contributed by atoms with Crippen molar-refractivity contribution in [2.75, 3.05) is 13.1 Å². The highest BCUT2D eigenvalue weighted by Crippen LogP contribution is 2.30. The van der Waals surface area contributed by atoms with Gasteiger partial charge in [-0.1, -0.05) is 20.8 Å². The lowest BCUT2D eigenvalue weighted by Gasteiger charge is -2.17. The Bertz CT molecular complexity index is 458. The van der Waals surface area contributed by atoms with Crippen molar-refractivity contribution in [1.29, 1.82) is 0 Å². The number of nitrogen functional groups attached to an aromatic ring is 1. The highest BCUT2D eigenvalue weighted by Gasteiger charge is 2.27. The molecule has 1 aliphatic rings. The molecule has 1 saturated heterocycles. The highest BCUT2D eigenvalue weighted by molar-refractivity contribution is 7.13. The third kappa shape index (κ3) is 3.32. The van der Waals surface area contributed by atoms with Gasteiger partial charge in [-0.3, -0.25) is 15.1 Å². The summed E-state index contributed by atoms with van der Waals surface area (Å²) in [4.78, 5) is 19.6. The molecule has 1 aromatic rings. The van der Waals surface area contributed by atoms with Gasteiger partial charge in [0.15, 0.2) is 0 Å². The van der Waals surface area contributed by atoms with Crippen LogP contribution in [-0.2, 0) is 12.0 Å². The minimum absolute atomic E-state index is 0.151. The van der Waals surface area contributed by atoms with E-state index < -0.39 is 0 Å². The van der Waals surface area contributed by atoms with Crippen LogP contribution in [0.25, 0.3) is 0 Å². The summed E-state index contributed by atoms with van der Waals surface area (Å²) in [6, 6.07) is 0. The first-order valence-electron chi connectivity index (χ1n) is 6.65. The van der Waals surface area contributed by atoms with Crippen molar-refractivity contribution in [3.8, 4) is 0 Å². The van der Waals surface area contributed by atoms with E-state index in [2.05, 4.69) is 36.1 Å². The molecular formula is C13H22N4OS. The lowest BCUT2D eigenvalue weighted by molar-refractivity contribution is 0.0955. The molecule has 6 heteroatoms. The standard InChI is InChI=1S/C13H22N4OS/c1-13(2,3)11-10(12(18)16-14)19-9(15-11)8-17-6-4-5-7-17/h4-8,14H2,1-3H3,(H,16,18). The van der Waals surface area contributed by atoms with Gasteiger partial charge in [0.2, 0.25) is 0 Å². The van der Waals surface area contributed by atoms with Crippen molar-refractivity contribution in [1.82, 2.24) is 15.3 Å². The van der Waals surface area contributed by atoms with Gasteiger partial charge in [0, 0.05) is 5.41 Å². The SMILES string of the molecule is CC(C)(C)c1nc(CN2CCCC2)sc1C(=O)NN. The Morgan fingerprint density at radius 2 is 2.05 bits per heavy atom. The number of thiazole rings is 1. The van der Waals surface area contributed by atoms with Crippen LogP contribution in [0.5, 0.6) is 0 Å². The first-order chi connectivity index (χ1) is 8.91. The summed E-state index contributed by atoms with van der Waals surface area (Å²) in [5, 5.41) is 1.01. The van der Waals surface area contributed by atoms with E-state index in [0.29, 0.717) is 4.88 Å². The minimum atomic E-state index is -0.241. The van der Waals surface area contributed by atoms with Gasteiger partial charge in [0.25, 0.3) is 5.91 Å². The van der Waals surface area contributed by atoms with Crippen LogP contribution in [-0.4, -0.2) is 28.9 Å². The molecule has 0 spiro atoms. The van der Waals surface area contributed by atoms with E-state index in [4.69, 9.17) is 5.84 Å². The summed E-state index contributed by atoms with van der Waals surface area (Å²) in [6.45, 7) is 9.29. The van der Waals surface area contributed by atoms with Crippen molar-refractivity contribution < 1.29 is 4.79 Å². The summed E-state index contributed by atoms with van der Waals surface area (Å²) in [5.74, 6) is 5.02. The van der Waals surface area contributed by atoms with E-state index in [1.807, 2.05) is 0 Å². The number of hydrazine groups is 1. The average molecular weight is 282 g/mol. The van der Waals surface area contributed by atoms with Gasteiger partial charge < -0.3 is 0 Å². The Balaban J connectivity index is 2.26. The lowest BCUT2D eigenvalue weighted by Crippen LogP contribution is -2.31. The predicted molar refractivity (Wildman–Crippen MR) is 77.0 cm³/mol. The van der Waals surface area contributed by atoms with E-state index in [1.165, 1.54) is 24.2 Å². The van der Waals surface area contributed by atoms with E-state index in [9.17, 15) is 4.79 Å². The van der Waals surface area contributed by atoms with Crippen LogP contribution in [0.2, 0.25) is 0 Å². The quantitative estimate of drug-likeness (QED) is 0.502. The molecule has 0 aliphatic carbocycles. The normalized spacial score (nSPS) is 16.8. The number of likely N-dealkylation sites (tertiary alicyclic amines) is 1. The zero-order valence-electron chi connectivity index (χ0n) is 11.8. The zero-order chi connectivity index (χ0) is 14.0. The Morgan fingerprint density at radius 3 is 2.58 bits per heavy atom. The average Bonchev–Trinajstić information content (AvgIpc) is 2.97. The van der Waals surface area contributed by atoms with Gasteiger partial charge in [-0.05, 0) is 25.9 Å². The second-order valence-electron chi connectivity index (χ2n) is 5.99. The Kier molecular flexibility index (Phi) is 4.23. The van der Waals surface area contributed by atoms with Gasteiger partial charge in [-0.15, -0.1) is 11.3 Å². The number of amides is 1. The number of hydrogen-bond acceptors (Lipinski definition) is 5. The van der Waals surface area contributed by atoms with Crippen molar-refractivity contribution in [3.63, 3.8) is 0 Å². The van der Waals surface area contributed by atoms with E-state index >= 15 is 0 Å². The van der Waals surface area contributed by atoms with Crippen molar-refractivity contribution in [3.05, 3.63) is 15.6 Å². The van der Waals surface area contributed by atoms with Gasteiger partial charge in [0.1, 0.15) is 9.88 Å². The van der Waals surface area contributed by atoms with Crippen LogP contribution < -0.4 is 11.3 Å². The Labute approximate surface area is 118 Å². The molecule has 0 bridgehead atoms. The molecule has 19 heavy (non-hydrogen) atoms. The molecule has 1 aromatic heterocycles. The van der Waals surface area contributed by atoms with E-state index in [0.717, 1.165) is 30.3 Å². The number of hydrogen-bond donors (Lipinski definition) is 2. The third-order valence-corrected chi connectivity index (χ3v) is 4.32. The summed E-state index contributed by atoms with van der Waals surface area (Å²) in [7, 11) is 0.